The Balaban J connectivity index is 1.87. The zero-order valence-corrected chi connectivity index (χ0v) is 11.4. The third-order valence-electron chi connectivity index (χ3n) is 2.83. The number of nitrogens with one attached hydrogen (secondary N) is 1. The van der Waals surface area contributed by atoms with Crippen molar-refractivity contribution >= 4 is 17.2 Å². The zero-order chi connectivity index (χ0) is 13.0. The van der Waals surface area contributed by atoms with Gasteiger partial charge in [0.25, 0.3) is 0 Å². The minimum Gasteiger partial charge on any atom is -0.351 e. The van der Waals surface area contributed by atoms with Gasteiger partial charge in [-0.25, -0.2) is 4.98 Å². The van der Waals surface area contributed by atoms with E-state index >= 15 is 0 Å². The Morgan fingerprint density at radius 1 is 1.56 bits per heavy atom. The van der Waals surface area contributed by atoms with Gasteiger partial charge in [-0.2, -0.15) is 0 Å². The number of hydrogen-bond donors (Lipinski definition) is 1. The Kier molecular flexibility index (Phi) is 4.15. The van der Waals surface area contributed by atoms with Gasteiger partial charge in [-0.15, -0.1) is 11.3 Å². The molecule has 2 atom stereocenters. The number of amides is 1. The average molecular weight is 263 g/mol. The second-order valence-electron chi connectivity index (χ2n) is 4.38. The lowest BCUT2D eigenvalue weighted by Crippen LogP contribution is -2.38. The van der Waals surface area contributed by atoms with Crippen molar-refractivity contribution in [3.63, 3.8) is 0 Å². The number of hydrogen-bond acceptors (Lipinski definition) is 3. The first kappa shape index (κ1) is 12.8. The van der Waals surface area contributed by atoms with E-state index in [4.69, 9.17) is 0 Å². The van der Waals surface area contributed by atoms with Gasteiger partial charge >= 0.3 is 0 Å². The molecular weight excluding hydrogens is 246 g/mol. The smallest absolute Gasteiger partial charge is 0.243 e. The summed E-state index contributed by atoms with van der Waals surface area (Å²) >= 11 is 1.72. The van der Waals surface area contributed by atoms with Crippen LogP contribution < -0.4 is 5.32 Å². The number of rotatable bonds is 5. The monoisotopic (exact) mass is 263 g/mol. The van der Waals surface area contributed by atoms with Gasteiger partial charge in [0.05, 0.1) is 6.33 Å². The molecule has 0 spiro atoms. The van der Waals surface area contributed by atoms with Crippen LogP contribution in [0.25, 0.3) is 0 Å². The van der Waals surface area contributed by atoms with Gasteiger partial charge in [0.2, 0.25) is 5.91 Å². The van der Waals surface area contributed by atoms with Gasteiger partial charge in [-0.1, -0.05) is 6.07 Å². The third kappa shape index (κ3) is 3.20. The molecule has 0 aromatic carbocycles. The molecule has 18 heavy (non-hydrogen) atoms. The number of aromatic nitrogens is 2. The molecule has 0 saturated heterocycles. The average Bonchev–Trinajstić information content (AvgIpc) is 2.99. The lowest BCUT2D eigenvalue weighted by atomic mass is 10.2. The summed E-state index contributed by atoms with van der Waals surface area (Å²) in [7, 11) is 0. The van der Waals surface area contributed by atoms with E-state index in [1.165, 1.54) is 4.88 Å². The van der Waals surface area contributed by atoms with E-state index in [1.807, 2.05) is 19.9 Å². The van der Waals surface area contributed by atoms with Crippen molar-refractivity contribution in [3.05, 3.63) is 41.1 Å². The van der Waals surface area contributed by atoms with Gasteiger partial charge in [-0.3, -0.25) is 4.79 Å². The van der Waals surface area contributed by atoms with Crippen molar-refractivity contribution in [2.24, 2.45) is 0 Å². The van der Waals surface area contributed by atoms with Gasteiger partial charge < -0.3 is 9.88 Å². The molecule has 5 heteroatoms. The van der Waals surface area contributed by atoms with E-state index in [1.54, 1.807) is 34.6 Å². The largest absolute Gasteiger partial charge is 0.351 e. The fourth-order valence-electron chi connectivity index (χ4n) is 1.78. The van der Waals surface area contributed by atoms with Crippen LogP contribution in [0.3, 0.4) is 0 Å². The Morgan fingerprint density at radius 3 is 3.00 bits per heavy atom. The summed E-state index contributed by atoms with van der Waals surface area (Å²) < 4.78 is 1.80. The first-order valence-electron chi connectivity index (χ1n) is 5.97. The summed E-state index contributed by atoms with van der Waals surface area (Å²) in [6, 6.07) is 4.04. The molecule has 2 rings (SSSR count). The number of nitrogens with zero attached hydrogens (tertiary/aromatic N) is 2. The second kappa shape index (κ2) is 5.82. The number of imidazole rings is 1. The lowest BCUT2D eigenvalue weighted by molar-refractivity contribution is -0.124. The highest BCUT2D eigenvalue weighted by Gasteiger charge is 2.16. The summed E-state index contributed by atoms with van der Waals surface area (Å²) in [5, 5.41) is 5.08. The van der Waals surface area contributed by atoms with Crippen molar-refractivity contribution in [1.82, 2.24) is 14.9 Å². The fraction of sp³-hybridized carbons (Fsp3) is 0.385. The van der Waals surface area contributed by atoms with Crippen LogP contribution in [0.2, 0.25) is 0 Å². The highest BCUT2D eigenvalue weighted by atomic mass is 32.1. The molecule has 2 aromatic rings. The normalized spacial score (nSPS) is 14.1. The molecule has 2 aromatic heterocycles. The van der Waals surface area contributed by atoms with Crippen molar-refractivity contribution in [2.45, 2.75) is 32.4 Å². The standard InChI is InChI=1S/C13H17N3OS/c1-10(8-12-4-3-7-18-12)15-13(17)11(2)16-6-5-14-9-16/h3-7,9-11H,8H2,1-2H3,(H,15,17)/t10-,11+/m1/s1. The minimum absolute atomic E-state index is 0.0251. The van der Waals surface area contributed by atoms with Crippen molar-refractivity contribution in [3.8, 4) is 0 Å². The van der Waals surface area contributed by atoms with Gasteiger partial charge in [0, 0.05) is 29.7 Å². The number of carbonyl (C=O) groups is 1. The summed E-state index contributed by atoms with van der Waals surface area (Å²) in [5.74, 6) is 0.0251. The molecular formula is C13H17N3OS. The highest BCUT2D eigenvalue weighted by Crippen LogP contribution is 2.12. The van der Waals surface area contributed by atoms with Crippen molar-refractivity contribution < 1.29 is 4.79 Å². The van der Waals surface area contributed by atoms with Gasteiger partial charge in [0.1, 0.15) is 6.04 Å². The minimum atomic E-state index is -0.224. The van der Waals surface area contributed by atoms with E-state index in [0.29, 0.717) is 0 Å². The molecule has 0 saturated carbocycles. The Morgan fingerprint density at radius 2 is 2.39 bits per heavy atom. The lowest BCUT2D eigenvalue weighted by Gasteiger charge is -2.17. The predicted octanol–water partition coefficient (Wildman–Crippen LogP) is 2.25. The van der Waals surface area contributed by atoms with Crippen LogP contribution in [0.15, 0.2) is 36.2 Å². The summed E-state index contributed by atoms with van der Waals surface area (Å²) in [6.07, 6.45) is 6.02. The van der Waals surface area contributed by atoms with E-state index in [-0.39, 0.29) is 18.0 Å². The number of carbonyl (C=O) groups excluding carboxylic acids is 1. The predicted molar refractivity (Wildman–Crippen MR) is 72.6 cm³/mol. The molecule has 1 N–H and O–H groups in total. The fourth-order valence-corrected chi connectivity index (χ4v) is 2.61. The highest BCUT2D eigenvalue weighted by molar-refractivity contribution is 7.09. The SMILES string of the molecule is C[C@H](Cc1cccs1)NC(=O)[C@H](C)n1ccnc1. The molecule has 4 nitrogen and oxygen atoms in total. The second-order valence-corrected chi connectivity index (χ2v) is 5.41. The molecule has 96 valence electrons. The Bertz CT molecular complexity index is 478. The first-order chi connectivity index (χ1) is 8.66. The van der Waals surface area contributed by atoms with Crippen LogP contribution in [0, 0.1) is 0 Å². The molecule has 0 radical (unpaired) electrons. The Labute approximate surface area is 111 Å². The maximum absolute atomic E-state index is 12.0. The maximum Gasteiger partial charge on any atom is 0.243 e. The van der Waals surface area contributed by atoms with Crippen LogP contribution >= 0.6 is 11.3 Å². The Hall–Kier alpha value is -1.62. The van der Waals surface area contributed by atoms with Crippen LogP contribution in [0.1, 0.15) is 24.8 Å². The van der Waals surface area contributed by atoms with Gasteiger partial charge in [-0.05, 0) is 25.3 Å². The molecule has 0 aliphatic carbocycles. The molecule has 1 amide bonds. The first-order valence-corrected chi connectivity index (χ1v) is 6.85. The van der Waals surface area contributed by atoms with Crippen molar-refractivity contribution in [1.29, 1.82) is 0 Å². The summed E-state index contributed by atoms with van der Waals surface area (Å²) in [4.78, 5) is 17.3. The summed E-state index contributed by atoms with van der Waals surface area (Å²) in [6.45, 7) is 3.90. The topological polar surface area (TPSA) is 46.9 Å². The van der Waals surface area contributed by atoms with Gasteiger partial charge in [0.15, 0.2) is 0 Å². The third-order valence-corrected chi connectivity index (χ3v) is 3.73. The maximum atomic E-state index is 12.0. The number of thiophene rings is 1. The van der Waals surface area contributed by atoms with Crippen LogP contribution in [0.4, 0.5) is 0 Å². The van der Waals surface area contributed by atoms with E-state index in [0.717, 1.165) is 6.42 Å². The van der Waals surface area contributed by atoms with E-state index in [9.17, 15) is 4.79 Å². The molecule has 0 fully saturated rings. The van der Waals surface area contributed by atoms with Crippen LogP contribution in [0.5, 0.6) is 0 Å². The molecule has 0 bridgehead atoms. The van der Waals surface area contributed by atoms with Crippen molar-refractivity contribution in [2.75, 3.05) is 0 Å². The molecule has 0 unspecified atom stereocenters. The zero-order valence-electron chi connectivity index (χ0n) is 10.5. The summed E-state index contributed by atoms with van der Waals surface area (Å²) in [5.41, 5.74) is 0. The quantitative estimate of drug-likeness (QED) is 0.899. The molecule has 2 heterocycles. The molecule has 0 aliphatic heterocycles. The van der Waals surface area contributed by atoms with E-state index in [2.05, 4.69) is 21.7 Å². The molecule has 0 aliphatic rings. The van der Waals surface area contributed by atoms with Crippen LogP contribution in [-0.4, -0.2) is 21.5 Å². The van der Waals surface area contributed by atoms with Crippen LogP contribution in [-0.2, 0) is 11.2 Å². The van der Waals surface area contributed by atoms with E-state index < -0.39 is 0 Å².